The van der Waals surface area contributed by atoms with E-state index in [9.17, 15) is 0 Å². The molecule has 0 amide bonds. The summed E-state index contributed by atoms with van der Waals surface area (Å²) in [5, 5.41) is 1.33. The lowest BCUT2D eigenvalue weighted by Gasteiger charge is -2.33. The number of hydrogen-bond acceptors (Lipinski definition) is 1. The third kappa shape index (κ3) is 2.78. The van der Waals surface area contributed by atoms with Gasteiger partial charge in [0, 0.05) is 11.6 Å². The summed E-state index contributed by atoms with van der Waals surface area (Å²) < 4.78 is 0. The second-order valence-electron chi connectivity index (χ2n) is 7.13. The van der Waals surface area contributed by atoms with Crippen LogP contribution in [-0.2, 0) is 10.8 Å². The lowest BCUT2D eigenvalue weighted by Crippen LogP contribution is -2.24. The van der Waals surface area contributed by atoms with Crippen molar-refractivity contribution >= 4 is 10.9 Å². The first-order valence-corrected chi connectivity index (χ1v) is 8.83. The summed E-state index contributed by atoms with van der Waals surface area (Å²) in [6, 6.07) is 9.10. The van der Waals surface area contributed by atoms with Crippen LogP contribution in [0.25, 0.3) is 10.9 Å². The first-order chi connectivity index (χ1) is 10.4. The Morgan fingerprint density at radius 2 is 1.45 bits per heavy atom. The first-order valence-electron chi connectivity index (χ1n) is 8.83. The maximum absolute atomic E-state index is 4.67. The van der Waals surface area contributed by atoms with E-state index in [4.69, 9.17) is 0 Å². The zero-order chi connectivity index (χ0) is 16.4. The molecular weight excluding hydrogens is 266 g/mol. The van der Waals surface area contributed by atoms with Crippen LogP contribution in [0.4, 0.5) is 0 Å². The first kappa shape index (κ1) is 17.0. The normalized spacial score (nSPS) is 12.8. The SMILES string of the molecule is CCC(C)(CC)c1cc(C(C)(CC)CC)c2cccnc2c1. The van der Waals surface area contributed by atoms with Gasteiger partial charge in [-0.2, -0.15) is 0 Å². The van der Waals surface area contributed by atoms with Gasteiger partial charge < -0.3 is 0 Å². The van der Waals surface area contributed by atoms with Crippen molar-refractivity contribution in [3.8, 4) is 0 Å². The van der Waals surface area contributed by atoms with Crippen molar-refractivity contribution in [1.82, 2.24) is 4.98 Å². The molecule has 1 aromatic heterocycles. The van der Waals surface area contributed by atoms with Gasteiger partial charge >= 0.3 is 0 Å². The van der Waals surface area contributed by atoms with E-state index in [1.807, 2.05) is 6.20 Å². The molecule has 0 spiro atoms. The lowest BCUT2D eigenvalue weighted by atomic mass is 9.71. The van der Waals surface area contributed by atoms with Gasteiger partial charge in [0.15, 0.2) is 0 Å². The summed E-state index contributed by atoms with van der Waals surface area (Å²) >= 11 is 0. The van der Waals surface area contributed by atoms with E-state index in [-0.39, 0.29) is 10.8 Å². The molecule has 22 heavy (non-hydrogen) atoms. The molecule has 0 fully saturated rings. The average molecular weight is 297 g/mol. The van der Waals surface area contributed by atoms with Crippen LogP contribution >= 0.6 is 0 Å². The Labute approximate surface area is 136 Å². The summed E-state index contributed by atoms with van der Waals surface area (Å²) in [5.41, 5.74) is 4.54. The highest BCUT2D eigenvalue weighted by Gasteiger charge is 2.29. The molecule has 0 aliphatic rings. The van der Waals surface area contributed by atoms with Crippen LogP contribution in [0.15, 0.2) is 30.5 Å². The highest BCUT2D eigenvalue weighted by Crippen LogP contribution is 2.40. The molecule has 0 aliphatic carbocycles. The summed E-state index contributed by atoms with van der Waals surface area (Å²) in [4.78, 5) is 4.67. The Hall–Kier alpha value is -1.37. The van der Waals surface area contributed by atoms with Gasteiger partial charge in [-0.05, 0) is 59.8 Å². The van der Waals surface area contributed by atoms with Gasteiger partial charge in [-0.25, -0.2) is 0 Å². The van der Waals surface area contributed by atoms with Crippen LogP contribution in [-0.4, -0.2) is 4.98 Å². The second-order valence-corrected chi connectivity index (χ2v) is 7.13. The van der Waals surface area contributed by atoms with Crippen molar-refractivity contribution in [3.63, 3.8) is 0 Å². The molecule has 2 rings (SSSR count). The minimum absolute atomic E-state index is 0.222. The summed E-state index contributed by atoms with van der Waals surface area (Å²) in [5.74, 6) is 0. The fraction of sp³-hybridized carbons (Fsp3) is 0.571. The number of fused-ring (bicyclic) bond motifs is 1. The molecule has 0 atom stereocenters. The third-order valence-corrected chi connectivity index (χ3v) is 6.19. The van der Waals surface area contributed by atoms with Crippen LogP contribution in [0.3, 0.4) is 0 Å². The van der Waals surface area contributed by atoms with Crippen LogP contribution in [0, 0.1) is 0 Å². The predicted octanol–water partition coefficient (Wildman–Crippen LogP) is 6.39. The van der Waals surface area contributed by atoms with Crippen LogP contribution in [0.2, 0.25) is 0 Å². The molecule has 0 saturated carbocycles. The largest absolute Gasteiger partial charge is 0.256 e. The Morgan fingerprint density at radius 3 is 2.00 bits per heavy atom. The minimum atomic E-state index is 0.222. The Kier molecular flexibility index (Phi) is 4.94. The molecule has 0 bridgehead atoms. The van der Waals surface area contributed by atoms with Crippen molar-refractivity contribution in [2.75, 3.05) is 0 Å². The number of benzene rings is 1. The van der Waals surface area contributed by atoms with E-state index in [0.717, 1.165) is 31.2 Å². The molecule has 2 aromatic rings. The zero-order valence-corrected chi connectivity index (χ0v) is 15.2. The molecular formula is C21H31N. The van der Waals surface area contributed by atoms with Crippen LogP contribution in [0.1, 0.15) is 78.4 Å². The number of nitrogens with zero attached hydrogens (tertiary/aromatic N) is 1. The van der Waals surface area contributed by atoms with Crippen LogP contribution in [0.5, 0.6) is 0 Å². The van der Waals surface area contributed by atoms with E-state index in [1.54, 1.807) is 0 Å². The number of pyridine rings is 1. The van der Waals surface area contributed by atoms with Crippen molar-refractivity contribution in [3.05, 3.63) is 41.6 Å². The van der Waals surface area contributed by atoms with Gasteiger partial charge in [0.2, 0.25) is 0 Å². The fourth-order valence-electron chi connectivity index (χ4n) is 3.32. The van der Waals surface area contributed by atoms with Crippen molar-refractivity contribution in [1.29, 1.82) is 0 Å². The zero-order valence-electron chi connectivity index (χ0n) is 15.2. The molecule has 1 nitrogen and oxygen atoms in total. The van der Waals surface area contributed by atoms with E-state index in [2.05, 4.69) is 70.8 Å². The van der Waals surface area contributed by atoms with E-state index in [0.29, 0.717) is 0 Å². The van der Waals surface area contributed by atoms with Crippen molar-refractivity contribution < 1.29 is 0 Å². The highest BCUT2D eigenvalue weighted by atomic mass is 14.6. The maximum atomic E-state index is 4.67. The summed E-state index contributed by atoms with van der Waals surface area (Å²) in [6.45, 7) is 14.0. The summed E-state index contributed by atoms with van der Waals surface area (Å²) in [7, 11) is 0. The van der Waals surface area contributed by atoms with Gasteiger partial charge in [0.25, 0.3) is 0 Å². The average Bonchev–Trinajstić information content (AvgIpc) is 2.59. The van der Waals surface area contributed by atoms with Gasteiger partial charge in [-0.15, -0.1) is 0 Å². The van der Waals surface area contributed by atoms with E-state index < -0.39 is 0 Å². The van der Waals surface area contributed by atoms with Crippen molar-refractivity contribution in [2.24, 2.45) is 0 Å². The molecule has 1 heterocycles. The van der Waals surface area contributed by atoms with E-state index >= 15 is 0 Å². The number of aromatic nitrogens is 1. The molecule has 0 unspecified atom stereocenters. The highest BCUT2D eigenvalue weighted by molar-refractivity contribution is 5.84. The minimum Gasteiger partial charge on any atom is -0.256 e. The Bertz CT molecular complexity index is 633. The Morgan fingerprint density at radius 1 is 0.864 bits per heavy atom. The monoisotopic (exact) mass is 297 g/mol. The molecule has 1 aromatic carbocycles. The molecule has 0 radical (unpaired) electrons. The van der Waals surface area contributed by atoms with Gasteiger partial charge in [-0.1, -0.05) is 53.7 Å². The molecule has 0 saturated heterocycles. The van der Waals surface area contributed by atoms with Gasteiger partial charge in [0.05, 0.1) is 5.52 Å². The second kappa shape index (κ2) is 6.40. The molecule has 0 N–H and O–H groups in total. The maximum Gasteiger partial charge on any atom is 0.0707 e. The molecule has 1 heteroatoms. The molecule has 0 aliphatic heterocycles. The smallest absolute Gasteiger partial charge is 0.0707 e. The topological polar surface area (TPSA) is 12.9 Å². The standard InChI is InChI=1S/C21H31N/c1-7-20(5,8-2)16-14-18(21(6,9-3)10-4)17-12-11-13-22-19(17)15-16/h11-15H,7-10H2,1-6H3. The van der Waals surface area contributed by atoms with Crippen molar-refractivity contribution in [2.45, 2.75) is 78.1 Å². The number of hydrogen-bond donors (Lipinski definition) is 0. The molecule has 120 valence electrons. The van der Waals surface area contributed by atoms with Gasteiger partial charge in [-0.3, -0.25) is 4.98 Å². The Balaban J connectivity index is 2.79. The quantitative estimate of drug-likeness (QED) is 0.602. The number of rotatable bonds is 6. The van der Waals surface area contributed by atoms with E-state index in [1.165, 1.54) is 16.5 Å². The third-order valence-electron chi connectivity index (χ3n) is 6.19. The predicted molar refractivity (Wildman–Crippen MR) is 97.6 cm³/mol. The van der Waals surface area contributed by atoms with Crippen LogP contribution < -0.4 is 0 Å². The summed E-state index contributed by atoms with van der Waals surface area (Å²) in [6.07, 6.45) is 6.56. The lowest BCUT2D eigenvalue weighted by molar-refractivity contribution is 0.426. The van der Waals surface area contributed by atoms with Gasteiger partial charge in [0.1, 0.15) is 0 Å². The fourth-order valence-corrected chi connectivity index (χ4v) is 3.32.